The number of carbonyl (C=O) groups is 2. The van der Waals surface area contributed by atoms with E-state index in [2.05, 4.69) is 21.0 Å². The van der Waals surface area contributed by atoms with Gasteiger partial charge in [-0.1, -0.05) is 53.7 Å². The van der Waals surface area contributed by atoms with Crippen molar-refractivity contribution in [3.05, 3.63) is 95.3 Å². The first-order valence-electron chi connectivity index (χ1n) is 13.4. The molecule has 1 aliphatic heterocycles. The summed E-state index contributed by atoms with van der Waals surface area (Å²) in [6.45, 7) is 3.33. The van der Waals surface area contributed by atoms with Crippen LogP contribution in [0.4, 0.5) is 4.39 Å². The van der Waals surface area contributed by atoms with E-state index in [0.717, 1.165) is 22.9 Å². The minimum atomic E-state index is -3.76. The molecule has 0 spiro atoms. The SMILES string of the molecule is Cc1ccc(C(=O)NNC(=O)CSc2nnc(-c3cccc(S(=O)(=O)N4CCOCC4)c3)n2Cc2ccc(F)cc2)cc1. The summed E-state index contributed by atoms with van der Waals surface area (Å²) in [4.78, 5) is 25.0. The van der Waals surface area contributed by atoms with Gasteiger partial charge in [0.2, 0.25) is 15.9 Å². The molecule has 0 aliphatic carbocycles. The number of morpholine rings is 1. The number of aromatic nitrogens is 3. The number of carbonyl (C=O) groups excluding carboxylic acids is 2. The molecular weight excluding hydrogens is 595 g/mol. The highest BCUT2D eigenvalue weighted by Gasteiger charge is 2.27. The number of nitrogens with one attached hydrogen (secondary N) is 2. The largest absolute Gasteiger partial charge is 0.379 e. The number of sulfonamides is 1. The molecule has 2 N–H and O–H groups in total. The van der Waals surface area contributed by atoms with Crippen molar-refractivity contribution in [2.45, 2.75) is 23.5 Å². The first-order chi connectivity index (χ1) is 20.7. The van der Waals surface area contributed by atoms with Crippen LogP contribution in [0.25, 0.3) is 11.4 Å². The van der Waals surface area contributed by atoms with Crippen molar-refractivity contribution >= 4 is 33.6 Å². The fourth-order valence-corrected chi connectivity index (χ4v) is 6.52. The maximum atomic E-state index is 13.6. The second-order valence-electron chi connectivity index (χ2n) is 9.72. The molecule has 2 heterocycles. The van der Waals surface area contributed by atoms with Gasteiger partial charge in [-0.25, -0.2) is 12.8 Å². The van der Waals surface area contributed by atoms with Crippen LogP contribution in [0.1, 0.15) is 21.5 Å². The maximum absolute atomic E-state index is 13.6. The van der Waals surface area contributed by atoms with E-state index in [-0.39, 0.29) is 36.1 Å². The van der Waals surface area contributed by atoms with E-state index in [1.54, 1.807) is 53.1 Å². The zero-order valence-corrected chi connectivity index (χ0v) is 24.8. The van der Waals surface area contributed by atoms with Gasteiger partial charge in [-0.3, -0.25) is 25.0 Å². The van der Waals surface area contributed by atoms with Gasteiger partial charge in [0.15, 0.2) is 11.0 Å². The van der Waals surface area contributed by atoms with Crippen molar-refractivity contribution in [3.63, 3.8) is 0 Å². The standard InChI is InChI=1S/C29H29FN6O5S2/c1-20-5-9-22(10-6-20)28(38)33-31-26(37)19-42-29-34-32-27(36(29)18-21-7-11-24(30)12-8-21)23-3-2-4-25(17-23)43(39,40)35-13-15-41-16-14-35/h2-12,17H,13-16,18-19H2,1H3,(H,31,37)(H,33,38). The minimum absolute atomic E-state index is 0.0961. The Morgan fingerprint density at radius 3 is 2.42 bits per heavy atom. The first-order valence-corrected chi connectivity index (χ1v) is 15.8. The van der Waals surface area contributed by atoms with Gasteiger partial charge in [0.05, 0.1) is 30.4 Å². The molecule has 1 aliphatic rings. The predicted molar refractivity (Wildman–Crippen MR) is 158 cm³/mol. The Balaban J connectivity index is 1.35. The third-order valence-electron chi connectivity index (χ3n) is 6.63. The zero-order valence-electron chi connectivity index (χ0n) is 23.2. The fraction of sp³-hybridized carbons (Fsp3) is 0.241. The van der Waals surface area contributed by atoms with Gasteiger partial charge < -0.3 is 4.74 Å². The summed E-state index contributed by atoms with van der Waals surface area (Å²) in [5, 5.41) is 8.97. The smallest absolute Gasteiger partial charge is 0.269 e. The van der Waals surface area contributed by atoms with Gasteiger partial charge in [0.25, 0.3) is 5.91 Å². The summed E-state index contributed by atoms with van der Waals surface area (Å²) < 4.78 is 48.6. The lowest BCUT2D eigenvalue weighted by atomic mass is 10.1. The fourth-order valence-electron chi connectivity index (χ4n) is 4.33. The number of ether oxygens (including phenoxy) is 1. The average molecular weight is 625 g/mol. The zero-order chi connectivity index (χ0) is 30.4. The average Bonchev–Trinajstić information content (AvgIpc) is 3.42. The van der Waals surface area contributed by atoms with E-state index in [1.807, 2.05) is 6.92 Å². The van der Waals surface area contributed by atoms with Crippen LogP contribution in [-0.4, -0.2) is 71.4 Å². The second kappa shape index (κ2) is 13.5. The van der Waals surface area contributed by atoms with Crippen molar-refractivity contribution in [3.8, 4) is 11.4 Å². The van der Waals surface area contributed by atoms with Crippen LogP contribution in [0.5, 0.6) is 0 Å². The molecular formula is C29H29FN6O5S2. The Morgan fingerprint density at radius 2 is 1.70 bits per heavy atom. The van der Waals surface area contributed by atoms with Crippen molar-refractivity contribution in [2.75, 3.05) is 32.1 Å². The summed E-state index contributed by atoms with van der Waals surface area (Å²) in [5.74, 6) is -1.03. The van der Waals surface area contributed by atoms with Gasteiger partial charge in [-0.2, -0.15) is 4.31 Å². The third kappa shape index (κ3) is 7.46. The Labute approximate surface area is 252 Å². The van der Waals surface area contributed by atoms with Crippen molar-refractivity contribution in [2.24, 2.45) is 0 Å². The van der Waals surface area contributed by atoms with Crippen LogP contribution in [0, 0.1) is 12.7 Å². The van der Waals surface area contributed by atoms with Crippen LogP contribution in [-0.2, 0) is 26.1 Å². The summed E-state index contributed by atoms with van der Waals surface area (Å²) >= 11 is 1.09. The molecule has 1 aromatic heterocycles. The quantitative estimate of drug-likeness (QED) is 0.214. The maximum Gasteiger partial charge on any atom is 0.269 e. The number of aryl methyl sites for hydroxylation is 1. The highest BCUT2D eigenvalue weighted by atomic mass is 32.2. The van der Waals surface area contributed by atoms with Crippen molar-refractivity contribution in [1.82, 2.24) is 29.9 Å². The molecule has 0 atom stereocenters. The van der Waals surface area contributed by atoms with E-state index in [0.29, 0.717) is 35.3 Å². The predicted octanol–water partition coefficient (Wildman–Crippen LogP) is 3.02. The molecule has 3 aromatic carbocycles. The normalized spacial score (nSPS) is 13.9. The summed E-state index contributed by atoms with van der Waals surface area (Å²) in [7, 11) is -3.76. The molecule has 1 fully saturated rings. The second-order valence-corrected chi connectivity index (χ2v) is 12.6. The van der Waals surface area contributed by atoms with E-state index in [1.165, 1.54) is 28.6 Å². The van der Waals surface area contributed by atoms with Crippen LogP contribution >= 0.6 is 11.8 Å². The number of halogens is 1. The summed E-state index contributed by atoms with van der Waals surface area (Å²) in [6, 6.07) is 19.3. The van der Waals surface area contributed by atoms with Crippen molar-refractivity contribution < 1.29 is 27.1 Å². The number of thioether (sulfide) groups is 1. The lowest BCUT2D eigenvalue weighted by molar-refractivity contribution is -0.119. The number of hydrogen-bond acceptors (Lipinski definition) is 8. The number of rotatable bonds is 9. The molecule has 4 aromatic rings. The first kappa shape index (κ1) is 30.4. The van der Waals surface area contributed by atoms with Gasteiger partial charge in [0.1, 0.15) is 5.82 Å². The van der Waals surface area contributed by atoms with Crippen LogP contribution < -0.4 is 10.9 Å². The topological polar surface area (TPSA) is 136 Å². The molecule has 1 saturated heterocycles. The highest BCUT2D eigenvalue weighted by molar-refractivity contribution is 7.99. The number of amides is 2. The molecule has 2 amide bonds. The van der Waals surface area contributed by atoms with E-state index in [9.17, 15) is 22.4 Å². The molecule has 43 heavy (non-hydrogen) atoms. The number of hydrazine groups is 1. The Bertz CT molecular complexity index is 1710. The number of nitrogens with zero attached hydrogens (tertiary/aromatic N) is 4. The highest BCUT2D eigenvalue weighted by Crippen LogP contribution is 2.28. The summed E-state index contributed by atoms with van der Waals surface area (Å²) in [5.41, 5.74) is 7.45. The number of benzene rings is 3. The monoisotopic (exact) mass is 624 g/mol. The molecule has 0 bridgehead atoms. The molecule has 0 unspecified atom stereocenters. The minimum Gasteiger partial charge on any atom is -0.379 e. The van der Waals surface area contributed by atoms with Crippen LogP contribution in [0.15, 0.2) is 82.8 Å². The molecule has 224 valence electrons. The van der Waals surface area contributed by atoms with Crippen molar-refractivity contribution in [1.29, 1.82) is 0 Å². The van der Waals surface area contributed by atoms with E-state index < -0.39 is 21.8 Å². The van der Waals surface area contributed by atoms with Gasteiger partial charge in [-0.05, 0) is 48.9 Å². The van der Waals surface area contributed by atoms with E-state index >= 15 is 0 Å². The van der Waals surface area contributed by atoms with Gasteiger partial charge >= 0.3 is 0 Å². The molecule has 11 nitrogen and oxygen atoms in total. The third-order valence-corrected chi connectivity index (χ3v) is 9.49. The molecule has 0 radical (unpaired) electrons. The molecule has 5 rings (SSSR count). The van der Waals surface area contributed by atoms with Gasteiger partial charge in [-0.15, -0.1) is 10.2 Å². The molecule has 14 heteroatoms. The lowest BCUT2D eigenvalue weighted by Crippen LogP contribution is -2.42. The molecule has 0 saturated carbocycles. The van der Waals surface area contributed by atoms with Gasteiger partial charge in [0, 0.05) is 24.2 Å². The lowest BCUT2D eigenvalue weighted by Gasteiger charge is -2.26. The Morgan fingerprint density at radius 1 is 0.977 bits per heavy atom. The Hall–Kier alpha value is -4.11. The summed E-state index contributed by atoms with van der Waals surface area (Å²) in [6.07, 6.45) is 0. The Kier molecular flexibility index (Phi) is 9.50. The number of hydrogen-bond donors (Lipinski definition) is 2. The van der Waals surface area contributed by atoms with Crippen LogP contribution in [0.3, 0.4) is 0 Å². The van der Waals surface area contributed by atoms with Crippen LogP contribution in [0.2, 0.25) is 0 Å². The van der Waals surface area contributed by atoms with E-state index in [4.69, 9.17) is 4.74 Å².